The van der Waals surface area contributed by atoms with Crippen molar-refractivity contribution in [2.75, 3.05) is 0 Å². The van der Waals surface area contributed by atoms with Gasteiger partial charge in [0, 0.05) is 5.56 Å². The molecule has 2 heterocycles. The van der Waals surface area contributed by atoms with Gasteiger partial charge in [-0.1, -0.05) is 41.6 Å². The first-order valence-electron chi connectivity index (χ1n) is 4.86. The van der Waals surface area contributed by atoms with Gasteiger partial charge in [0.2, 0.25) is 5.82 Å². The molecule has 1 aromatic carbocycles. The highest BCUT2D eigenvalue weighted by atomic mass is 32.1. The van der Waals surface area contributed by atoms with E-state index < -0.39 is 0 Å². The van der Waals surface area contributed by atoms with Crippen LogP contribution in [0.1, 0.15) is 0 Å². The summed E-state index contributed by atoms with van der Waals surface area (Å²) in [6.07, 6.45) is 0. The van der Waals surface area contributed by atoms with E-state index in [9.17, 15) is 0 Å². The van der Waals surface area contributed by atoms with Crippen LogP contribution in [0.3, 0.4) is 0 Å². The maximum Gasteiger partial charge on any atom is 0.268 e. The van der Waals surface area contributed by atoms with Gasteiger partial charge < -0.3 is 4.52 Å². The van der Waals surface area contributed by atoms with Gasteiger partial charge in [0.25, 0.3) is 5.89 Å². The molecule has 3 nitrogen and oxygen atoms in total. The van der Waals surface area contributed by atoms with Crippen molar-refractivity contribution in [3.63, 3.8) is 0 Å². The lowest BCUT2D eigenvalue weighted by atomic mass is 10.2. The first kappa shape index (κ1) is 9.30. The van der Waals surface area contributed by atoms with Gasteiger partial charge in [-0.25, -0.2) is 0 Å². The van der Waals surface area contributed by atoms with Crippen LogP contribution in [0.5, 0.6) is 0 Å². The molecule has 78 valence electrons. The Balaban J connectivity index is 2.00. The Hall–Kier alpha value is -1.94. The molecule has 0 radical (unpaired) electrons. The summed E-state index contributed by atoms with van der Waals surface area (Å²) >= 11 is 1.59. The molecule has 0 aliphatic carbocycles. The molecule has 0 aliphatic rings. The lowest BCUT2D eigenvalue weighted by molar-refractivity contribution is 0.433. The minimum Gasteiger partial charge on any atom is -0.333 e. The van der Waals surface area contributed by atoms with Gasteiger partial charge in [-0.3, -0.25) is 0 Å². The quantitative estimate of drug-likeness (QED) is 0.674. The minimum absolute atomic E-state index is 0.578. The summed E-state index contributed by atoms with van der Waals surface area (Å²) in [5.74, 6) is 1.21. The molecule has 0 amide bonds. The van der Waals surface area contributed by atoms with Crippen LogP contribution in [0.25, 0.3) is 22.2 Å². The maximum atomic E-state index is 5.21. The third-order valence-corrected chi connectivity index (χ3v) is 3.05. The topological polar surface area (TPSA) is 38.9 Å². The highest BCUT2D eigenvalue weighted by molar-refractivity contribution is 7.13. The normalized spacial score (nSPS) is 10.5. The zero-order valence-corrected chi connectivity index (χ0v) is 9.15. The van der Waals surface area contributed by atoms with Gasteiger partial charge in [0.1, 0.15) is 0 Å². The Bertz CT molecular complexity index is 572. The Morgan fingerprint density at radius 3 is 2.62 bits per heavy atom. The molecule has 0 atom stereocenters. The summed E-state index contributed by atoms with van der Waals surface area (Å²) in [4.78, 5) is 5.35. The van der Waals surface area contributed by atoms with Crippen LogP contribution in [0.4, 0.5) is 0 Å². The fourth-order valence-corrected chi connectivity index (χ4v) is 2.07. The zero-order valence-electron chi connectivity index (χ0n) is 8.33. The molecule has 3 aromatic rings. The largest absolute Gasteiger partial charge is 0.333 e. The number of rotatable bonds is 2. The van der Waals surface area contributed by atoms with Crippen molar-refractivity contribution >= 4 is 11.3 Å². The third-order valence-electron chi connectivity index (χ3n) is 2.19. The molecular formula is C12H8N2OS. The van der Waals surface area contributed by atoms with Crippen molar-refractivity contribution in [2.45, 2.75) is 0 Å². The van der Waals surface area contributed by atoms with Crippen LogP contribution in [0.2, 0.25) is 0 Å². The maximum absolute atomic E-state index is 5.21. The van der Waals surface area contributed by atoms with Crippen molar-refractivity contribution in [3.05, 3.63) is 47.8 Å². The first-order chi connectivity index (χ1) is 7.93. The summed E-state index contributed by atoms with van der Waals surface area (Å²) in [5.41, 5.74) is 0.967. The van der Waals surface area contributed by atoms with E-state index in [-0.39, 0.29) is 0 Å². The molecule has 3 rings (SSSR count). The number of nitrogens with zero attached hydrogens (tertiary/aromatic N) is 2. The molecular weight excluding hydrogens is 220 g/mol. The van der Waals surface area contributed by atoms with E-state index in [0.29, 0.717) is 11.7 Å². The van der Waals surface area contributed by atoms with Crippen LogP contribution >= 0.6 is 11.3 Å². The average Bonchev–Trinajstić information content (AvgIpc) is 3.01. The van der Waals surface area contributed by atoms with Crippen LogP contribution in [0, 0.1) is 0 Å². The standard InChI is InChI=1S/C12H8N2OS/c1-2-5-9(6-3-1)11-13-12(15-14-11)10-7-4-8-16-10/h1-8H. The van der Waals surface area contributed by atoms with E-state index in [1.807, 2.05) is 47.8 Å². The predicted octanol–water partition coefficient (Wildman–Crippen LogP) is 3.47. The number of aromatic nitrogens is 2. The molecule has 0 spiro atoms. The smallest absolute Gasteiger partial charge is 0.268 e. The summed E-state index contributed by atoms with van der Waals surface area (Å²) in [7, 11) is 0. The van der Waals surface area contributed by atoms with Crippen LogP contribution in [-0.2, 0) is 0 Å². The zero-order chi connectivity index (χ0) is 10.8. The summed E-state index contributed by atoms with van der Waals surface area (Å²) in [6.45, 7) is 0. The molecule has 4 heteroatoms. The van der Waals surface area contributed by atoms with Gasteiger partial charge >= 0.3 is 0 Å². The van der Waals surface area contributed by atoms with E-state index >= 15 is 0 Å². The van der Waals surface area contributed by atoms with E-state index in [4.69, 9.17) is 4.52 Å². The fraction of sp³-hybridized carbons (Fsp3) is 0. The number of benzene rings is 1. The summed E-state index contributed by atoms with van der Waals surface area (Å²) in [6, 6.07) is 13.7. The minimum atomic E-state index is 0.578. The highest BCUT2D eigenvalue weighted by Crippen LogP contribution is 2.25. The van der Waals surface area contributed by atoms with Crippen molar-refractivity contribution in [3.8, 4) is 22.2 Å². The van der Waals surface area contributed by atoms with Crippen molar-refractivity contribution in [1.29, 1.82) is 0 Å². The molecule has 0 unspecified atom stereocenters. The number of thiophene rings is 1. The Morgan fingerprint density at radius 2 is 1.88 bits per heavy atom. The van der Waals surface area contributed by atoms with Gasteiger partial charge in [-0.2, -0.15) is 4.98 Å². The second-order valence-corrected chi connectivity index (χ2v) is 4.21. The third kappa shape index (κ3) is 1.63. The second-order valence-electron chi connectivity index (χ2n) is 3.27. The monoisotopic (exact) mass is 228 g/mol. The van der Waals surface area contributed by atoms with Gasteiger partial charge in [0.15, 0.2) is 0 Å². The summed E-state index contributed by atoms with van der Waals surface area (Å²) in [5, 5.41) is 5.95. The molecule has 0 bridgehead atoms. The highest BCUT2D eigenvalue weighted by Gasteiger charge is 2.10. The van der Waals surface area contributed by atoms with Crippen LogP contribution in [0.15, 0.2) is 52.4 Å². The van der Waals surface area contributed by atoms with E-state index in [2.05, 4.69) is 10.1 Å². The predicted molar refractivity (Wildman–Crippen MR) is 63.0 cm³/mol. The van der Waals surface area contributed by atoms with E-state index in [0.717, 1.165) is 10.4 Å². The van der Waals surface area contributed by atoms with Gasteiger partial charge in [-0.15, -0.1) is 11.3 Å². The van der Waals surface area contributed by atoms with Gasteiger partial charge in [0.05, 0.1) is 4.88 Å². The second kappa shape index (κ2) is 3.90. The van der Waals surface area contributed by atoms with Crippen LogP contribution < -0.4 is 0 Å². The molecule has 0 aliphatic heterocycles. The van der Waals surface area contributed by atoms with Gasteiger partial charge in [-0.05, 0) is 11.4 Å². The number of hydrogen-bond acceptors (Lipinski definition) is 4. The van der Waals surface area contributed by atoms with Crippen molar-refractivity contribution in [1.82, 2.24) is 10.1 Å². The Labute approximate surface area is 96.4 Å². The molecule has 0 saturated heterocycles. The summed E-state index contributed by atoms with van der Waals surface area (Å²) < 4.78 is 5.21. The lowest BCUT2D eigenvalue weighted by Gasteiger charge is -1.90. The SMILES string of the molecule is c1ccc(-c2noc(-c3cccs3)n2)cc1. The molecule has 2 aromatic heterocycles. The van der Waals surface area contributed by atoms with E-state index in [1.54, 1.807) is 11.3 Å². The molecule has 16 heavy (non-hydrogen) atoms. The first-order valence-corrected chi connectivity index (χ1v) is 5.74. The molecule has 0 N–H and O–H groups in total. The van der Waals surface area contributed by atoms with Crippen LogP contribution in [-0.4, -0.2) is 10.1 Å². The average molecular weight is 228 g/mol. The molecule has 0 fully saturated rings. The van der Waals surface area contributed by atoms with E-state index in [1.165, 1.54) is 0 Å². The van der Waals surface area contributed by atoms with Crippen molar-refractivity contribution in [2.24, 2.45) is 0 Å². The lowest BCUT2D eigenvalue weighted by Crippen LogP contribution is -1.78. The molecule has 0 saturated carbocycles. The van der Waals surface area contributed by atoms with Crippen molar-refractivity contribution < 1.29 is 4.52 Å². The Morgan fingerprint density at radius 1 is 1.00 bits per heavy atom. The number of hydrogen-bond donors (Lipinski definition) is 0. The fourth-order valence-electron chi connectivity index (χ4n) is 1.43. The Kier molecular flexibility index (Phi) is 2.27.